The number of thioether (sulfide) groups is 1. The monoisotopic (exact) mass is 404 g/mol. The number of carbonyl (C=O) groups excluding carboxylic acids is 1. The Balaban J connectivity index is 1.51. The van der Waals surface area contributed by atoms with Crippen LogP contribution in [0.15, 0.2) is 71.1 Å². The summed E-state index contributed by atoms with van der Waals surface area (Å²) in [6.45, 7) is 4.07. The van der Waals surface area contributed by atoms with Crippen LogP contribution in [0.1, 0.15) is 26.4 Å². The van der Waals surface area contributed by atoms with Crippen molar-refractivity contribution in [3.63, 3.8) is 0 Å². The van der Waals surface area contributed by atoms with E-state index in [0.29, 0.717) is 0 Å². The van der Waals surface area contributed by atoms with Crippen molar-refractivity contribution >= 4 is 45.6 Å². The van der Waals surface area contributed by atoms with Gasteiger partial charge in [0.1, 0.15) is 4.88 Å². The van der Waals surface area contributed by atoms with E-state index in [2.05, 4.69) is 28.5 Å². The van der Waals surface area contributed by atoms with Gasteiger partial charge in [0.15, 0.2) is 0 Å². The maximum atomic E-state index is 12.8. The second-order valence-electron chi connectivity index (χ2n) is 6.72. The molecule has 28 heavy (non-hydrogen) atoms. The number of nitrogens with one attached hydrogen (secondary N) is 1. The first-order valence-corrected chi connectivity index (χ1v) is 10.9. The summed E-state index contributed by atoms with van der Waals surface area (Å²) in [5.41, 5.74) is 5.34. The molecule has 2 aromatic heterocycles. The van der Waals surface area contributed by atoms with Gasteiger partial charge in [-0.2, -0.15) is 0 Å². The number of thiophene rings is 1. The normalized spacial score (nSPS) is 10.9. The Hall–Kier alpha value is -2.63. The fourth-order valence-electron chi connectivity index (χ4n) is 3.25. The summed E-state index contributed by atoms with van der Waals surface area (Å²) in [5.74, 6) is 0.742. The molecule has 4 rings (SSSR count). The second kappa shape index (κ2) is 8.17. The summed E-state index contributed by atoms with van der Waals surface area (Å²) >= 11 is 3.17. The molecular formula is C23H20N2OS2. The summed E-state index contributed by atoms with van der Waals surface area (Å²) in [6, 6.07) is 18.3. The van der Waals surface area contributed by atoms with E-state index >= 15 is 0 Å². The van der Waals surface area contributed by atoms with Crippen LogP contribution in [0.2, 0.25) is 0 Å². The number of para-hydroxylation sites is 1. The van der Waals surface area contributed by atoms with E-state index in [-0.39, 0.29) is 5.91 Å². The SMILES string of the molecule is Cc1cc(C)cc(NC(=O)c2sccc2SCc2ccnc3ccccc23)c1. The van der Waals surface area contributed by atoms with Gasteiger partial charge in [-0.1, -0.05) is 24.3 Å². The number of aryl methyl sites for hydroxylation is 2. The highest BCUT2D eigenvalue weighted by Gasteiger charge is 2.15. The first-order valence-electron chi connectivity index (χ1n) is 9.03. The molecule has 2 aromatic carbocycles. The molecule has 0 atom stereocenters. The molecule has 0 saturated carbocycles. The second-order valence-corrected chi connectivity index (χ2v) is 8.65. The molecule has 140 valence electrons. The maximum absolute atomic E-state index is 12.8. The van der Waals surface area contributed by atoms with Gasteiger partial charge in [0, 0.05) is 27.9 Å². The first kappa shape index (κ1) is 18.7. The molecule has 0 aliphatic rings. The third kappa shape index (κ3) is 4.11. The Kier molecular flexibility index (Phi) is 5.46. The Labute approximate surface area is 172 Å². The average molecular weight is 405 g/mol. The molecule has 4 aromatic rings. The zero-order valence-corrected chi connectivity index (χ0v) is 17.4. The summed E-state index contributed by atoms with van der Waals surface area (Å²) in [7, 11) is 0. The summed E-state index contributed by atoms with van der Waals surface area (Å²) < 4.78 is 0. The van der Waals surface area contributed by atoms with Crippen LogP contribution in [0.4, 0.5) is 5.69 Å². The van der Waals surface area contributed by atoms with Gasteiger partial charge in [0.25, 0.3) is 5.91 Å². The molecule has 0 bridgehead atoms. The summed E-state index contributed by atoms with van der Waals surface area (Å²) in [5, 5.41) is 6.18. The van der Waals surface area contributed by atoms with Gasteiger partial charge in [-0.25, -0.2) is 0 Å². The minimum Gasteiger partial charge on any atom is -0.321 e. The molecule has 0 aliphatic heterocycles. The van der Waals surface area contributed by atoms with Crippen LogP contribution in [0.5, 0.6) is 0 Å². The van der Waals surface area contributed by atoms with E-state index in [1.54, 1.807) is 11.8 Å². The molecule has 0 fully saturated rings. The van der Waals surface area contributed by atoms with Gasteiger partial charge in [0.2, 0.25) is 0 Å². The Bertz CT molecular complexity index is 1120. The number of rotatable bonds is 5. The standard InChI is InChI=1S/C23H20N2OS2/c1-15-11-16(2)13-18(12-15)25-23(26)22-21(8-10-27-22)28-14-17-7-9-24-20-6-4-3-5-19(17)20/h3-13H,14H2,1-2H3,(H,25,26). The molecule has 3 nitrogen and oxygen atoms in total. The van der Waals surface area contributed by atoms with Crippen LogP contribution in [0, 0.1) is 13.8 Å². The fourth-order valence-corrected chi connectivity index (χ4v) is 5.29. The predicted octanol–water partition coefficient (Wildman–Crippen LogP) is 6.46. The van der Waals surface area contributed by atoms with Crippen molar-refractivity contribution < 1.29 is 4.79 Å². The highest BCUT2D eigenvalue weighted by atomic mass is 32.2. The molecule has 1 amide bonds. The number of amides is 1. The number of nitrogens with zero attached hydrogens (tertiary/aromatic N) is 1. The zero-order valence-electron chi connectivity index (χ0n) is 15.7. The van der Waals surface area contributed by atoms with Crippen molar-refractivity contribution in [1.29, 1.82) is 0 Å². The molecule has 1 N–H and O–H groups in total. The Morgan fingerprint density at radius 1 is 1.07 bits per heavy atom. The van der Waals surface area contributed by atoms with Crippen molar-refractivity contribution in [3.8, 4) is 0 Å². The van der Waals surface area contributed by atoms with Crippen molar-refractivity contribution in [2.75, 3.05) is 5.32 Å². The van der Waals surface area contributed by atoms with Gasteiger partial charge >= 0.3 is 0 Å². The lowest BCUT2D eigenvalue weighted by Crippen LogP contribution is -2.11. The van der Waals surface area contributed by atoms with Crippen LogP contribution in [-0.4, -0.2) is 10.9 Å². The molecule has 5 heteroatoms. The van der Waals surface area contributed by atoms with E-state index in [1.807, 2.05) is 61.8 Å². The number of fused-ring (bicyclic) bond motifs is 1. The number of benzene rings is 2. The molecule has 0 spiro atoms. The van der Waals surface area contributed by atoms with Crippen LogP contribution in [0.3, 0.4) is 0 Å². The van der Waals surface area contributed by atoms with Gasteiger partial charge in [0.05, 0.1) is 5.52 Å². The van der Waals surface area contributed by atoms with Crippen molar-refractivity contribution in [3.05, 3.63) is 87.7 Å². The minimum absolute atomic E-state index is 0.0536. The fraction of sp³-hybridized carbons (Fsp3) is 0.130. The van der Waals surface area contributed by atoms with Crippen molar-refractivity contribution in [2.24, 2.45) is 0 Å². The predicted molar refractivity (Wildman–Crippen MR) is 119 cm³/mol. The third-order valence-electron chi connectivity index (χ3n) is 4.44. The van der Waals surface area contributed by atoms with E-state index in [1.165, 1.54) is 16.9 Å². The minimum atomic E-state index is -0.0536. The zero-order chi connectivity index (χ0) is 19.5. The highest BCUT2D eigenvalue weighted by Crippen LogP contribution is 2.32. The molecule has 0 radical (unpaired) electrons. The molecule has 0 unspecified atom stereocenters. The first-order chi connectivity index (χ1) is 13.6. The highest BCUT2D eigenvalue weighted by molar-refractivity contribution is 7.98. The van der Waals surface area contributed by atoms with Crippen LogP contribution < -0.4 is 5.32 Å². The van der Waals surface area contributed by atoms with Gasteiger partial charge in [-0.15, -0.1) is 23.1 Å². The Morgan fingerprint density at radius 2 is 1.86 bits per heavy atom. The largest absolute Gasteiger partial charge is 0.321 e. The van der Waals surface area contributed by atoms with Crippen molar-refractivity contribution in [2.45, 2.75) is 24.5 Å². The van der Waals surface area contributed by atoms with Crippen LogP contribution >= 0.6 is 23.1 Å². The molecular weight excluding hydrogens is 384 g/mol. The maximum Gasteiger partial charge on any atom is 0.266 e. The number of pyridine rings is 1. The summed E-state index contributed by atoms with van der Waals surface area (Å²) in [4.78, 5) is 19.0. The summed E-state index contributed by atoms with van der Waals surface area (Å²) in [6.07, 6.45) is 1.85. The lowest BCUT2D eigenvalue weighted by molar-refractivity contribution is 0.102. The van der Waals surface area contributed by atoms with Gasteiger partial charge in [-0.05, 0) is 66.2 Å². The lowest BCUT2D eigenvalue weighted by atomic mass is 10.1. The van der Waals surface area contributed by atoms with E-state index in [9.17, 15) is 4.79 Å². The van der Waals surface area contributed by atoms with Gasteiger partial charge < -0.3 is 5.32 Å². The van der Waals surface area contributed by atoms with Gasteiger partial charge in [-0.3, -0.25) is 9.78 Å². The average Bonchev–Trinajstić information content (AvgIpc) is 3.14. The van der Waals surface area contributed by atoms with E-state index < -0.39 is 0 Å². The topological polar surface area (TPSA) is 42.0 Å². The number of aromatic nitrogens is 1. The van der Waals surface area contributed by atoms with E-state index in [0.717, 1.165) is 43.2 Å². The number of hydrogen-bond donors (Lipinski definition) is 1. The van der Waals surface area contributed by atoms with Crippen LogP contribution in [0.25, 0.3) is 10.9 Å². The molecule has 0 aliphatic carbocycles. The van der Waals surface area contributed by atoms with Crippen LogP contribution in [-0.2, 0) is 5.75 Å². The number of hydrogen-bond acceptors (Lipinski definition) is 4. The smallest absolute Gasteiger partial charge is 0.266 e. The number of carbonyl (C=O) groups is 1. The molecule has 0 saturated heterocycles. The van der Waals surface area contributed by atoms with E-state index in [4.69, 9.17) is 0 Å². The third-order valence-corrected chi connectivity index (χ3v) is 6.59. The molecule has 2 heterocycles. The lowest BCUT2D eigenvalue weighted by Gasteiger charge is -2.09. The Morgan fingerprint density at radius 3 is 2.68 bits per heavy atom. The quantitative estimate of drug-likeness (QED) is 0.388. The number of anilines is 1. The van der Waals surface area contributed by atoms with Crippen molar-refractivity contribution in [1.82, 2.24) is 4.98 Å².